The van der Waals surface area contributed by atoms with Crippen molar-refractivity contribution in [3.05, 3.63) is 10.6 Å². The van der Waals surface area contributed by atoms with Crippen molar-refractivity contribution < 1.29 is 9.53 Å². The second-order valence-corrected chi connectivity index (χ2v) is 5.53. The highest BCUT2D eigenvalue weighted by Crippen LogP contribution is 2.39. The number of hydrogen-bond acceptors (Lipinski definition) is 5. The lowest BCUT2D eigenvalue weighted by molar-refractivity contribution is 0.0519. The Morgan fingerprint density at radius 3 is 2.88 bits per heavy atom. The van der Waals surface area contributed by atoms with Crippen LogP contribution in [0, 0.1) is 6.92 Å². The fraction of sp³-hybridized carbons (Fsp3) is 0.636. The molecule has 0 saturated heterocycles. The summed E-state index contributed by atoms with van der Waals surface area (Å²) >= 11 is 1.51. The highest BCUT2D eigenvalue weighted by atomic mass is 32.1. The molecular weight excluding hydrogens is 224 g/mol. The van der Waals surface area contributed by atoms with Gasteiger partial charge in [-0.15, -0.1) is 11.3 Å². The molecule has 88 valence electrons. The SMILES string of the molecule is CCOC(=O)c1nc(NC2(C)CC2)sc1C. The third-order valence-electron chi connectivity index (χ3n) is 2.67. The van der Waals surface area contributed by atoms with Gasteiger partial charge in [0, 0.05) is 10.4 Å². The number of carbonyl (C=O) groups is 1. The van der Waals surface area contributed by atoms with Crippen molar-refractivity contribution in [2.24, 2.45) is 0 Å². The zero-order valence-electron chi connectivity index (χ0n) is 9.79. The van der Waals surface area contributed by atoms with Crippen molar-refractivity contribution in [2.45, 2.75) is 39.2 Å². The molecule has 1 saturated carbocycles. The Morgan fingerprint density at radius 1 is 1.62 bits per heavy atom. The minimum Gasteiger partial charge on any atom is -0.461 e. The number of esters is 1. The zero-order valence-corrected chi connectivity index (χ0v) is 10.6. The Balaban J connectivity index is 2.11. The molecule has 0 atom stereocenters. The first-order valence-corrected chi connectivity index (χ1v) is 6.28. The largest absolute Gasteiger partial charge is 0.461 e. The number of aromatic nitrogens is 1. The van der Waals surface area contributed by atoms with Gasteiger partial charge in [0.1, 0.15) is 0 Å². The lowest BCUT2D eigenvalue weighted by Crippen LogP contribution is -2.16. The molecule has 1 fully saturated rings. The first kappa shape index (κ1) is 11.4. The Morgan fingerprint density at radius 2 is 2.31 bits per heavy atom. The summed E-state index contributed by atoms with van der Waals surface area (Å²) in [5, 5.41) is 4.17. The first-order valence-electron chi connectivity index (χ1n) is 5.47. The van der Waals surface area contributed by atoms with Crippen molar-refractivity contribution in [2.75, 3.05) is 11.9 Å². The molecular formula is C11H16N2O2S. The second-order valence-electron chi connectivity index (χ2n) is 4.33. The number of thiazole rings is 1. The third-order valence-corrected chi connectivity index (χ3v) is 3.56. The fourth-order valence-electron chi connectivity index (χ4n) is 1.41. The molecule has 1 aromatic heterocycles. The monoisotopic (exact) mass is 240 g/mol. The van der Waals surface area contributed by atoms with Crippen LogP contribution in [0.3, 0.4) is 0 Å². The number of rotatable bonds is 4. The van der Waals surface area contributed by atoms with E-state index in [0.717, 1.165) is 10.0 Å². The van der Waals surface area contributed by atoms with Crippen molar-refractivity contribution in [1.29, 1.82) is 0 Å². The summed E-state index contributed by atoms with van der Waals surface area (Å²) in [5.74, 6) is -0.328. The summed E-state index contributed by atoms with van der Waals surface area (Å²) in [4.78, 5) is 16.7. The molecule has 0 aromatic carbocycles. The van der Waals surface area contributed by atoms with Gasteiger partial charge in [-0.25, -0.2) is 9.78 Å². The van der Waals surface area contributed by atoms with Gasteiger partial charge >= 0.3 is 5.97 Å². The predicted octanol–water partition coefficient (Wildman–Crippen LogP) is 2.59. The molecule has 0 aliphatic heterocycles. The minimum absolute atomic E-state index is 0.191. The van der Waals surface area contributed by atoms with Crippen LogP contribution in [0.25, 0.3) is 0 Å². The Bertz CT molecular complexity index is 410. The lowest BCUT2D eigenvalue weighted by atomic mass is 10.3. The molecule has 4 nitrogen and oxygen atoms in total. The molecule has 5 heteroatoms. The Kier molecular flexibility index (Phi) is 2.88. The minimum atomic E-state index is -0.328. The van der Waals surface area contributed by atoms with Gasteiger partial charge in [0.05, 0.1) is 6.61 Å². The van der Waals surface area contributed by atoms with E-state index in [1.165, 1.54) is 24.2 Å². The van der Waals surface area contributed by atoms with E-state index in [2.05, 4.69) is 17.2 Å². The average Bonchev–Trinajstić information content (AvgIpc) is 2.80. The molecule has 1 N–H and O–H groups in total. The van der Waals surface area contributed by atoms with E-state index in [0.29, 0.717) is 12.3 Å². The van der Waals surface area contributed by atoms with Gasteiger partial charge in [-0.05, 0) is 33.6 Å². The van der Waals surface area contributed by atoms with Crippen molar-refractivity contribution >= 4 is 22.4 Å². The predicted molar refractivity (Wildman–Crippen MR) is 64.1 cm³/mol. The molecule has 1 aromatic rings. The molecule has 16 heavy (non-hydrogen) atoms. The maximum atomic E-state index is 11.6. The molecule has 2 rings (SSSR count). The van der Waals surface area contributed by atoms with Crippen LogP contribution in [0.5, 0.6) is 0 Å². The highest BCUT2D eigenvalue weighted by Gasteiger charge is 2.38. The number of nitrogens with one attached hydrogen (secondary N) is 1. The zero-order chi connectivity index (χ0) is 11.8. The maximum Gasteiger partial charge on any atom is 0.358 e. The van der Waals surface area contributed by atoms with Crippen molar-refractivity contribution in [3.8, 4) is 0 Å². The molecule has 0 spiro atoms. The van der Waals surface area contributed by atoms with E-state index in [4.69, 9.17) is 4.74 Å². The van der Waals surface area contributed by atoms with E-state index in [1.54, 1.807) is 6.92 Å². The van der Waals surface area contributed by atoms with Gasteiger partial charge in [0.25, 0.3) is 0 Å². The summed E-state index contributed by atoms with van der Waals surface area (Å²) in [5.41, 5.74) is 0.634. The van der Waals surface area contributed by atoms with Gasteiger partial charge in [0.15, 0.2) is 10.8 Å². The summed E-state index contributed by atoms with van der Waals surface area (Å²) in [6.45, 7) is 6.23. The summed E-state index contributed by atoms with van der Waals surface area (Å²) in [6, 6.07) is 0. The van der Waals surface area contributed by atoms with Gasteiger partial charge in [-0.2, -0.15) is 0 Å². The number of aryl methyl sites for hydroxylation is 1. The van der Waals surface area contributed by atoms with Crippen LogP contribution in [-0.2, 0) is 4.74 Å². The molecule has 1 heterocycles. The van der Waals surface area contributed by atoms with Gasteiger partial charge in [-0.3, -0.25) is 0 Å². The molecule has 1 aliphatic carbocycles. The summed E-state index contributed by atoms with van der Waals surface area (Å²) in [6.07, 6.45) is 2.33. The Labute approximate surface area is 99.0 Å². The standard InChI is InChI=1S/C11H16N2O2S/c1-4-15-9(14)8-7(2)16-10(12-8)13-11(3)5-6-11/h4-6H2,1-3H3,(H,12,13). The quantitative estimate of drug-likeness (QED) is 0.822. The number of ether oxygens (including phenoxy) is 1. The number of anilines is 1. The van der Waals surface area contributed by atoms with Crippen LogP contribution >= 0.6 is 11.3 Å². The molecule has 1 aliphatic rings. The number of hydrogen-bond donors (Lipinski definition) is 1. The Hall–Kier alpha value is -1.10. The summed E-state index contributed by atoms with van der Waals surface area (Å²) < 4.78 is 4.95. The van der Waals surface area contributed by atoms with Crippen LogP contribution in [0.1, 0.15) is 42.1 Å². The molecule has 0 bridgehead atoms. The van der Waals surface area contributed by atoms with E-state index >= 15 is 0 Å². The van der Waals surface area contributed by atoms with Gasteiger partial charge < -0.3 is 10.1 Å². The van der Waals surface area contributed by atoms with Crippen molar-refractivity contribution in [1.82, 2.24) is 4.98 Å². The van der Waals surface area contributed by atoms with Gasteiger partial charge in [0.2, 0.25) is 0 Å². The van der Waals surface area contributed by atoms with Crippen LogP contribution in [-0.4, -0.2) is 23.1 Å². The molecule has 0 radical (unpaired) electrons. The van der Waals surface area contributed by atoms with Crippen LogP contribution in [0.4, 0.5) is 5.13 Å². The smallest absolute Gasteiger partial charge is 0.358 e. The fourth-order valence-corrected chi connectivity index (χ4v) is 2.36. The van der Waals surface area contributed by atoms with Crippen LogP contribution in [0.15, 0.2) is 0 Å². The summed E-state index contributed by atoms with van der Waals surface area (Å²) in [7, 11) is 0. The normalized spacial score (nSPS) is 16.9. The third kappa shape index (κ3) is 2.35. The maximum absolute atomic E-state index is 11.6. The van der Waals surface area contributed by atoms with E-state index in [1.807, 2.05) is 6.92 Å². The number of nitrogens with zero attached hydrogens (tertiary/aromatic N) is 1. The molecule has 0 unspecified atom stereocenters. The topological polar surface area (TPSA) is 51.2 Å². The lowest BCUT2D eigenvalue weighted by Gasteiger charge is -2.08. The molecule has 0 amide bonds. The van der Waals surface area contributed by atoms with E-state index < -0.39 is 0 Å². The average molecular weight is 240 g/mol. The first-order chi connectivity index (χ1) is 7.54. The second kappa shape index (κ2) is 4.05. The van der Waals surface area contributed by atoms with E-state index in [9.17, 15) is 4.79 Å². The van der Waals surface area contributed by atoms with Crippen LogP contribution in [0.2, 0.25) is 0 Å². The highest BCUT2D eigenvalue weighted by molar-refractivity contribution is 7.15. The van der Waals surface area contributed by atoms with E-state index in [-0.39, 0.29) is 11.5 Å². The van der Waals surface area contributed by atoms with Crippen molar-refractivity contribution in [3.63, 3.8) is 0 Å². The van der Waals surface area contributed by atoms with Gasteiger partial charge in [-0.1, -0.05) is 0 Å². The van der Waals surface area contributed by atoms with Crippen LogP contribution < -0.4 is 5.32 Å². The number of carbonyl (C=O) groups excluding carboxylic acids is 1.